The standard InChI is InChI=1S/C22H22N4O5/c1-14-4-6-15(7-5-14)24-22(29)19-8-9-21(28)26(25-19)13-20(27)23-16-10-17(30-2)12-18(11-16)31-3/h4-12H,13H2,1-3H3,(H,23,27)(H,24,29). The summed E-state index contributed by atoms with van der Waals surface area (Å²) in [6.45, 7) is 1.57. The monoisotopic (exact) mass is 422 g/mol. The van der Waals surface area contributed by atoms with Gasteiger partial charge in [-0.15, -0.1) is 0 Å². The number of nitrogens with zero attached hydrogens (tertiary/aromatic N) is 2. The minimum atomic E-state index is -0.509. The van der Waals surface area contributed by atoms with Crippen LogP contribution in [0.3, 0.4) is 0 Å². The number of hydrogen-bond donors (Lipinski definition) is 2. The van der Waals surface area contributed by atoms with Gasteiger partial charge in [0.1, 0.15) is 23.7 Å². The Labute approximate surface area is 178 Å². The van der Waals surface area contributed by atoms with E-state index in [9.17, 15) is 14.4 Å². The first-order chi connectivity index (χ1) is 14.9. The van der Waals surface area contributed by atoms with Crippen LogP contribution >= 0.6 is 0 Å². The summed E-state index contributed by atoms with van der Waals surface area (Å²) in [5.74, 6) is 0.0102. The fourth-order valence-corrected chi connectivity index (χ4v) is 2.73. The van der Waals surface area contributed by atoms with Gasteiger partial charge in [-0.05, 0) is 25.1 Å². The molecule has 2 aromatic carbocycles. The predicted octanol–water partition coefficient (Wildman–Crippen LogP) is 2.46. The summed E-state index contributed by atoms with van der Waals surface area (Å²) in [6, 6.07) is 14.6. The Kier molecular flexibility index (Phi) is 6.66. The van der Waals surface area contributed by atoms with Crippen LogP contribution in [0.15, 0.2) is 59.4 Å². The minimum Gasteiger partial charge on any atom is -0.497 e. The van der Waals surface area contributed by atoms with E-state index in [0.29, 0.717) is 22.9 Å². The molecule has 0 aliphatic rings. The first-order valence-corrected chi connectivity index (χ1v) is 9.37. The third-order valence-corrected chi connectivity index (χ3v) is 4.34. The highest BCUT2D eigenvalue weighted by Crippen LogP contribution is 2.25. The maximum Gasteiger partial charge on any atom is 0.276 e. The average molecular weight is 422 g/mol. The van der Waals surface area contributed by atoms with Gasteiger partial charge in [0, 0.05) is 35.6 Å². The van der Waals surface area contributed by atoms with E-state index in [1.165, 1.54) is 26.4 Å². The molecule has 31 heavy (non-hydrogen) atoms. The molecule has 3 rings (SSSR count). The van der Waals surface area contributed by atoms with Gasteiger partial charge in [0.15, 0.2) is 0 Å². The number of carbonyl (C=O) groups excluding carboxylic acids is 2. The van der Waals surface area contributed by atoms with Gasteiger partial charge in [-0.3, -0.25) is 14.4 Å². The molecular formula is C22H22N4O5. The lowest BCUT2D eigenvalue weighted by molar-refractivity contribution is -0.117. The third-order valence-electron chi connectivity index (χ3n) is 4.34. The van der Waals surface area contributed by atoms with Gasteiger partial charge < -0.3 is 20.1 Å². The summed E-state index contributed by atoms with van der Waals surface area (Å²) < 4.78 is 11.3. The zero-order valence-electron chi connectivity index (χ0n) is 17.3. The minimum absolute atomic E-state index is 0.0102. The topological polar surface area (TPSA) is 112 Å². The Morgan fingerprint density at radius 2 is 1.55 bits per heavy atom. The number of benzene rings is 2. The zero-order valence-corrected chi connectivity index (χ0v) is 17.3. The molecule has 0 saturated heterocycles. The molecule has 0 atom stereocenters. The maximum atomic E-state index is 12.5. The lowest BCUT2D eigenvalue weighted by Gasteiger charge is -2.11. The lowest BCUT2D eigenvalue weighted by Crippen LogP contribution is -2.31. The summed E-state index contributed by atoms with van der Waals surface area (Å²) in [7, 11) is 2.99. The highest BCUT2D eigenvalue weighted by Gasteiger charge is 2.13. The number of rotatable bonds is 7. The van der Waals surface area contributed by atoms with E-state index < -0.39 is 17.4 Å². The van der Waals surface area contributed by atoms with Crippen molar-refractivity contribution in [3.05, 3.63) is 76.2 Å². The van der Waals surface area contributed by atoms with Crippen LogP contribution in [0.25, 0.3) is 0 Å². The largest absolute Gasteiger partial charge is 0.497 e. The van der Waals surface area contributed by atoms with Gasteiger partial charge in [-0.2, -0.15) is 5.10 Å². The number of carbonyl (C=O) groups is 2. The Bertz CT molecular complexity index is 1130. The Hall–Kier alpha value is -4.14. The van der Waals surface area contributed by atoms with E-state index in [2.05, 4.69) is 15.7 Å². The van der Waals surface area contributed by atoms with Gasteiger partial charge in [0.2, 0.25) is 5.91 Å². The van der Waals surface area contributed by atoms with Gasteiger partial charge in [0.05, 0.1) is 14.2 Å². The molecule has 0 saturated carbocycles. The third kappa shape index (κ3) is 5.69. The predicted molar refractivity (Wildman–Crippen MR) is 116 cm³/mol. The average Bonchev–Trinajstić information content (AvgIpc) is 2.76. The Balaban J connectivity index is 1.73. The van der Waals surface area contributed by atoms with Crippen molar-refractivity contribution in [2.75, 3.05) is 24.9 Å². The molecule has 3 aromatic rings. The van der Waals surface area contributed by atoms with Crippen molar-refractivity contribution in [1.82, 2.24) is 9.78 Å². The van der Waals surface area contributed by atoms with E-state index in [0.717, 1.165) is 10.2 Å². The van der Waals surface area contributed by atoms with Crippen molar-refractivity contribution in [3.8, 4) is 11.5 Å². The van der Waals surface area contributed by atoms with Crippen LogP contribution in [0, 0.1) is 6.92 Å². The summed E-state index contributed by atoms with van der Waals surface area (Å²) in [4.78, 5) is 37.0. The van der Waals surface area contributed by atoms with E-state index >= 15 is 0 Å². The quantitative estimate of drug-likeness (QED) is 0.605. The van der Waals surface area contributed by atoms with Crippen molar-refractivity contribution in [2.24, 2.45) is 0 Å². The van der Waals surface area contributed by atoms with Crippen LogP contribution < -0.4 is 25.7 Å². The fourth-order valence-electron chi connectivity index (χ4n) is 2.73. The number of aryl methyl sites for hydroxylation is 1. The molecule has 160 valence electrons. The molecule has 2 amide bonds. The number of ether oxygens (including phenoxy) is 2. The fraction of sp³-hybridized carbons (Fsp3) is 0.182. The molecule has 1 aromatic heterocycles. The molecule has 0 bridgehead atoms. The van der Waals surface area contributed by atoms with E-state index in [-0.39, 0.29) is 12.2 Å². The van der Waals surface area contributed by atoms with Crippen LogP contribution in [-0.2, 0) is 11.3 Å². The smallest absolute Gasteiger partial charge is 0.276 e. The normalized spacial score (nSPS) is 10.3. The number of anilines is 2. The second-order valence-corrected chi connectivity index (χ2v) is 6.68. The van der Waals surface area contributed by atoms with Crippen molar-refractivity contribution in [3.63, 3.8) is 0 Å². The Morgan fingerprint density at radius 1 is 0.903 bits per heavy atom. The SMILES string of the molecule is COc1cc(NC(=O)Cn2nc(C(=O)Nc3ccc(C)cc3)ccc2=O)cc(OC)c1. The molecule has 2 N–H and O–H groups in total. The maximum absolute atomic E-state index is 12.5. The molecule has 9 heteroatoms. The van der Waals surface area contributed by atoms with Gasteiger partial charge in [0.25, 0.3) is 11.5 Å². The molecule has 1 heterocycles. The molecule has 0 aliphatic carbocycles. The molecule has 0 radical (unpaired) electrons. The van der Waals surface area contributed by atoms with E-state index in [1.807, 2.05) is 19.1 Å². The molecule has 9 nitrogen and oxygen atoms in total. The summed E-state index contributed by atoms with van der Waals surface area (Å²) in [5.41, 5.74) is 1.59. The lowest BCUT2D eigenvalue weighted by atomic mass is 10.2. The van der Waals surface area contributed by atoms with Crippen molar-refractivity contribution in [2.45, 2.75) is 13.5 Å². The van der Waals surface area contributed by atoms with Crippen LogP contribution in [0.1, 0.15) is 16.1 Å². The van der Waals surface area contributed by atoms with Crippen molar-refractivity contribution >= 4 is 23.2 Å². The summed E-state index contributed by atoms with van der Waals surface area (Å²) in [6.07, 6.45) is 0. The highest BCUT2D eigenvalue weighted by molar-refractivity contribution is 6.02. The Morgan fingerprint density at radius 3 is 2.16 bits per heavy atom. The molecule has 0 unspecified atom stereocenters. The first-order valence-electron chi connectivity index (χ1n) is 9.37. The van der Waals surface area contributed by atoms with Gasteiger partial charge >= 0.3 is 0 Å². The second kappa shape index (κ2) is 9.57. The van der Waals surface area contributed by atoms with Crippen molar-refractivity contribution in [1.29, 1.82) is 0 Å². The van der Waals surface area contributed by atoms with Crippen molar-refractivity contribution < 1.29 is 19.1 Å². The number of hydrogen-bond acceptors (Lipinski definition) is 6. The number of methoxy groups -OCH3 is 2. The molecule has 0 aliphatic heterocycles. The van der Waals surface area contributed by atoms with Gasteiger partial charge in [-0.1, -0.05) is 17.7 Å². The molecular weight excluding hydrogens is 400 g/mol. The number of aromatic nitrogens is 2. The van der Waals surface area contributed by atoms with Crippen LogP contribution in [-0.4, -0.2) is 35.8 Å². The summed E-state index contributed by atoms with van der Waals surface area (Å²) in [5, 5.41) is 9.38. The summed E-state index contributed by atoms with van der Waals surface area (Å²) >= 11 is 0. The van der Waals surface area contributed by atoms with E-state index in [4.69, 9.17) is 9.47 Å². The van der Waals surface area contributed by atoms with Crippen LogP contribution in [0.5, 0.6) is 11.5 Å². The van der Waals surface area contributed by atoms with Crippen LogP contribution in [0.2, 0.25) is 0 Å². The van der Waals surface area contributed by atoms with E-state index in [1.54, 1.807) is 30.3 Å². The zero-order chi connectivity index (χ0) is 22.4. The van der Waals surface area contributed by atoms with Gasteiger partial charge in [-0.25, -0.2) is 4.68 Å². The molecule has 0 spiro atoms. The highest BCUT2D eigenvalue weighted by atomic mass is 16.5. The molecule has 0 fully saturated rings. The number of nitrogens with one attached hydrogen (secondary N) is 2. The number of amides is 2. The first kappa shape index (κ1) is 21.6. The second-order valence-electron chi connectivity index (χ2n) is 6.68. The van der Waals surface area contributed by atoms with Crippen LogP contribution in [0.4, 0.5) is 11.4 Å².